The maximum absolute atomic E-state index is 13.9. The zero-order valence-electron chi connectivity index (χ0n) is 12.0. The van der Waals surface area contributed by atoms with Gasteiger partial charge in [0, 0.05) is 17.8 Å². The molecule has 1 rings (SSSR count). The lowest BCUT2D eigenvalue weighted by Gasteiger charge is -2.29. The first-order valence-electron chi connectivity index (χ1n) is 6.69. The van der Waals surface area contributed by atoms with Gasteiger partial charge in [0.2, 0.25) is 0 Å². The van der Waals surface area contributed by atoms with Crippen molar-refractivity contribution in [3.63, 3.8) is 0 Å². The van der Waals surface area contributed by atoms with Crippen LogP contribution in [0.25, 0.3) is 0 Å². The summed E-state index contributed by atoms with van der Waals surface area (Å²) in [7, 11) is 0. The summed E-state index contributed by atoms with van der Waals surface area (Å²) < 4.78 is 27.5. The van der Waals surface area contributed by atoms with Crippen molar-refractivity contribution in [1.29, 1.82) is 0 Å². The number of halogens is 3. The standard InChI is InChI=1S/C15H20ClF2NO/c1-4-15(5-2,8-16)9-19-14(20)12-11(17)7-6-10(3)13(12)18/h6-7H,4-5,8-9H2,1-3H3,(H,19,20). The highest BCUT2D eigenvalue weighted by Crippen LogP contribution is 2.27. The van der Waals surface area contributed by atoms with E-state index in [9.17, 15) is 13.6 Å². The Kier molecular flexibility index (Phi) is 5.93. The number of carbonyl (C=O) groups excluding carboxylic acids is 1. The summed E-state index contributed by atoms with van der Waals surface area (Å²) in [6.45, 7) is 5.75. The smallest absolute Gasteiger partial charge is 0.257 e. The van der Waals surface area contributed by atoms with Crippen molar-refractivity contribution in [2.24, 2.45) is 5.41 Å². The van der Waals surface area contributed by atoms with E-state index in [0.717, 1.165) is 18.9 Å². The minimum absolute atomic E-state index is 0.242. The minimum atomic E-state index is -0.852. The fourth-order valence-corrected chi connectivity index (χ4v) is 2.43. The van der Waals surface area contributed by atoms with Crippen molar-refractivity contribution in [3.8, 4) is 0 Å². The van der Waals surface area contributed by atoms with E-state index in [1.807, 2.05) is 13.8 Å². The predicted molar refractivity (Wildman–Crippen MR) is 77.2 cm³/mol. The minimum Gasteiger partial charge on any atom is -0.351 e. The monoisotopic (exact) mass is 303 g/mol. The van der Waals surface area contributed by atoms with Gasteiger partial charge >= 0.3 is 0 Å². The molecule has 0 saturated heterocycles. The Balaban J connectivity index is 2.90. The number of hydrogen-bond donors (Lipinski definition) is 1. The van der Waals surface area contributed by atoms with Gasteiger partial charge in [-0.25, -0.2) is 8.78 Å². The number of alkyl halides is 1. The van der Waals surface area contributed by atoms with E-state index in [1.54, 1.807) is 0 Å². The predicted octanol–water partition coefficient (Wildman–Crippen LogP) is 4.05. The van der Waals surface area contributed by atoms with E-state index in [0.29, 0.717) is 12.4 Å². The van der Waals surface area contributed by atoms with Gasteiger partial charge in [0.25, 0.3) is 5.91 Å². The lowest BCUT2D eigenvalue weighted by molar-refractivity contribution is 0.0923. The second kappa shape index (κ2) is 7.02. The number of rotatable bonds is 6. The largest absolute Gasteiger partial charge is 0.351 e. The van der Waals surface area contributed by atoms with Gasteiger partial charge < -0.3 is 5.32 Å². The van der Waals surface area contributed by atoms with Crippen LogP contribution in [0.4, 0.5) is 8.78 Å². The number of aryl methyl sites for hydroxylation is 1. The summed E-state index contributed by atoms with van der Waals surface area (Å²) in [5, 5.41) is 2.60. The van der Waals surface area contributed by atoms with E-state index in [4.69, 9.17) is 11.6 Å². The van der Waals surface area contributed by atoms with Crippen LogP contribution in [0.15, 0.2) is 12.1 Å². The average molecular weight is 304 g/mol. The molecule has 112 valence electrons. The molecule has 0 saturated carbocycles. The van der Waals surface area contributed by atoms with Crippen LogP contribution < -0.4 is 5.32 Å². The third-order valence-electron chi connectivity index (χ3n) is 3.92. The summed E-state index contributed by atoms with van der Waals surface area (Å²) in [5.41, 5.74) is -0.527. The van der Waals surface area contributed by atoms with Crippen LogP contribution in [0.3, 0.4) is 0 Å². The third-order valence-corrected chi connectivity index (χ3v) is 4.49. The zero-order chi connectivity index (χ0) is 15.3. The molecule has 0 radical (unpaired) electrons. The Labute approximate surface area is 123 Å². The van der Waals surface area contributed by atoms with Crippen molar-refractivity contribution < 1.29 is 13.6 Å². The molecule has 0 aliphatic carbocycles. The van der Waals surface area contributed by atoms with Gasteiger partial charge in [-0.05, 0) is 31.4 Å². The highest BCUT2D eigenvalue weighted by molar-refractivity contribution is 6.18. The highest BCUT2D eigenvalue weighted by Gasteiger charge is 2.27. The van der Waals surface area contributed by atoms with E-state index in [2.05, 4.69) is 5.32 Å². The maximum atomic E-state index is 13.9. The summed E-state index contributed by atoms with van der Waals surface area (Å²) in [6, 6.07) is 2.41. The molecule has 0 unspecified atom stereocenters. The average Bonchev–Trinajstić information content (AvgIpc) is 2.45. The van der Waals surface area contributed by atoms with Crippen molar-refractivity contribution >= 4 is 17.5 Å². The fourth-order valence-electron chi connectivity index (χ4n) is 1.96. The van der Waals surface area contributed by atoms with Gasteiger partial charge in [-0.15, -0.1) is 11.6 Å². The van der Waals surface area contributed by atoms with Gasteiger partial charge in [0.05, 0.1) is 0 Å². The Morgan fingerprint density at radius 2 is 1.90 bits per heavy atom. The van der Waals surface area contributed by atoms with Crippen molar-refractivity contribution in [2.75, 3.05) is 12.4 Å². The molecule has 5 heteroatoms. The maximum Gasteiger partial charge on any atom is 0.257 e. The van der Waals surface area contributed by atoms with E-state index < -0.39 is 23.1 Å². The van der Waals surface area contributed by atoms with Gasteiger partial charge in [-0.3, -0.25) is 4.79 Å². The van der Waals surface area contributed by atoms with Crippen LogP contribution in [-0.2, 0) is 0 Å². The number of hydrogen-bond acceptors (Lipinski definition) is 1. The molecule has 0 aliphatic rings. The van der Waals surface area contributed by atoms with Gasteiger partial charge in [0.1, 0.15) is 17.2 Å². The Bertz CT molecular complexity index is 479. The second-order valence-electron chi connectivity index (χ2n) is 5.08. The first-order chi connectivity index (χ1) is 9.40. The normalized spacial score (nSPS) is 11.5. The molecule has 0 spiro atoms. The van der Waals surface area contributed by atoms with E-state index >= 15 is 0 Å². The lowest BCUT2D eigenvalue weighted by Crippen LogP contribution is -2.38. The Morgan fingerprint density at radius 3 is 2.40 bits per heavy atom. The van der Waals surface area contributed by atoms with E-state index in [1.165, 1.54) is 13.0 Å². The summed E-state index contributed by atoms with van der Waals surface area (Å²) in [4.78, 5) is 12.0. The molecule has 1 aromatic rings. The van der Waals surface area contributed by atoms with Gasteiger partial charge in [-0.2, -0.15) is 0 Å². The SMILES string of the molecule is CCC(CC)(CCl)CNC(=O)c1c(F)ccc(C)c1F. The molecule has 1 amide bonds. The molecule has 1 aromatic carbocycles. The topological polar surface area (TPSA) is 29.1 Å². The first-order valence-corrected chi connectivity index (χ1v) is 7.23. The summed E-state index contributed by atoms with van der Waals surface area (Å²) >= 11 is 5.94. The van der Waals surface area contributed by atoms with Gasteiger partial charge in [0.15, 0.2) is 0 Å². The van der Waals surface area contributed by atoms with Crippen LogP contribution in [0.1, 0.15) is 42.6 Å². The molecular weight excluding hydrogens is 284 g/mol. The van der Waals surface area contributed by atoms with Crippen LogP contribution in [0, 0.1) is 24.0 Å². The van der Waals surface area contributed by atoms with E-state index in [-0.39, 0.29) is 11.0 Å². The molecule has 0 heterocycles. The van der Waals surface area contributed by atoms with Gasteiger partial charge in [-0.1, -0.05) is 19.9 Å². The Hall–Kier alpha value is -1.16. The summed E-state index contributed by atoms with van der Waals surface area (Å²) in [6.07, 6.45) is 1.57. The molecule has 20 heavy (non-hydrogen) atoms. The lowest BCUT2D eigenvalue weighted by atomic mass is 9.84. The highest BCUT2D eigenvalue weighted by atomic mass is 35.5. The molecule has 0 aromatic heterocycles. The molecule has 0 aliphatic heterocycles. The van der Waals surface area contributed by atoms with Crippen molar-refractivity contribution in [3.05, 3.63) is 34.9 Å². The number of carbonyl (C=O) groups is 1. The van der Waals surface area contributed by atoms with Crippen LogP contribution in [-0.4, -0.2) is 18.3 Å². The second-order valence-corrected chi connectivity index (χ2v) is 5.34. The third kappa shape index (κ3) is 3.48. The molecule has 0 fully saturated rings. The van der Waals surface area contributed by atoms with Crippen molar-refractivity contribution in [2.45, 2.75) is 33.6 Å². The number of benzene rings is 1. The molecule has 0 atom stereocenters. The van der Waals surface area contributed by atoms with Crippen LogP contribution in [0.2, 0.25) is 0 Å². The van der Waals surface area contributed by atoms with Crippen molar-refractivity contribution in [1.82, 2.24) is 5.32 Å². The molecular formula is C15H20ClF2NO. The number of amides is 1. The first kappa shape index (κ1) is 16.9. The zero-order valence-corrected chi connectivity index (χ0v) is 12.8. The number of nitrogens with one attached hydrogen (secondary N) is 1. The molecule has 0 bridgehead atoms. The Morgan fingerprint density at radius 1 is 1.30 bits per heavy atom. The molecule has 1 N–H and O–H groups in total. The fraction of sp³-hybridized carbons (Fsp3) is 0.533. The van der Waals surface area contributed by atoms with Crippen LogP contribution >= 0.6 is 11.6 Å². The molecule has 2 nitrogen and oxygen atoms in total. The summed E-state index contributed by atoms with van der Waals surface area (Å²) in [5.74, 6) is -2.01. The van der Waals surface area contributed by atoms with Crippen LogP contribution in [0.5, 0.6) is 0 Å². The quantitative estimate of drug-likeness (QED) is 0.789.